The summed E-state index contributed by atoms with van der Waals surface area (Å²) in [5.41, 5.74) is 0.305. The number of carbonyl (C=O) groups excluding carboxylic acids is 1. The van der Waals surface area contributed by atoms with E-state index in [1.54, 1.807) is 0 Å². The fraction of sp³-hybridized carbons (Fsp3) is 0. The lowest BCUT2D eigenvalue weighted by Gasteiger charge is -2.06. The van der Waals surface area contributed by atoms with Gasteiger partial charge in [0.1, 0.15) is 0 Å². The van der Waals surface area contributed by atoms with E-state index < -0.39 is 10.8 Å². The van der Waals surface area contributed by atoms with Crippen molar-refractivity contribution in [2.75, 3.05) is 5.32 Å². The molecular weight excluding hydrogens is 350 g/mol. The molecule has 1 N–H and O–H groups in total. The van der Waals surface area contributed by atoms with Crippen LogP contribution in [-0.2, 0) is 0 Å². The minimum atomic E-state index is -0.572. The van der Waals surface area contributed by atoms with Crippen molar-refractivity contribution in [2.45, 2.75) is 0 Å². The van der Waals surface area contributed by atoms with Crippen LogP contribution in [0.25, 0.3) is 0 Å². The molecule has 1 amide bonds. The van der Waals surface area contributed by atoms with E-state index in [1.165, 1.54) is 36.7 Å². The Morgan fingerprint density at radius 1 is 1.40 bits per heavy atom. The second-order valence-electron chi connectivity index (χ2n) is 3.73. The molecule has 6 nitrogen and oxygen atoms in total. The van der Waals surface area contributed by atoms with Gasteiger partial charge < -0.3 is 5.32 Å². The van der Waals surface area contributed by atoms with Crippen molar-refractivity contribution < 1.29 is 9.72 Å². The van der Waals surface area contributed by atoms with Gasteiger partial charge in [0, 0.05) is 17.8 Å². The molecule has 0 unspecified atom stereocenters. The van der Waals surface area contributed by atoms with Gasteiger partial charge in [-0.15, -0.1) is 0 Å². The molecule has 20 heavy (non-hydrogen) atoms. The molecule has 0 radical (unpaired) electrons. The number of aromatic nitrogens is 1. The molecule has 1 aromatic carbocycles. The number of pyridine rings is 1. The van der Waals surface area contributed by atoms with Gasteiger partial charge in [-0.05, 0) is 34.1 Å². The molecule has 0 bridgehead atoms. The Labute approximate surface area is 127 Å². The van der Waals surface area contributed by atoms with E-state index in [2.05, 4.69) is 26.2 Å². The van der Waals surface area contributed by atoms with Gasteiger partial charge in [0.25, 0.3) is 11.6 Å². The van der Waals surface area contributed by atoms with E-state index >= 15 is 0 Å². The van der Waals surface area contributed by atoms with E-state index in [9.17, 15) is 14.9 Å². The minimum Gasteiger partial charge on any atom is -0.319 e. The summed E-state index contributed by atoms with van der Waals surface area (Å²) in [6, 6.07) is 5.62. The monoisotopic (exact) mass is 355 g/mol. The van der Waals surface area contributed by atoms with Gasteiger partial charge in [0.15, 0.2) is 0 Å². The second-order valence-corrected chi connectivity index (χ2v) is 4.99. The SMILES string of the molecule is O=C(Nc1cnccc1Cl)c1ccc(Br)c([N+](=O)[O-])c1. The normalized spacial score (nSPS) is 10.1. The number of benzene rings is 1. The number of nitro groups is 1. The summed E-state index contributed by atoms with van der Waals surface area (Å²) >= 11 is 8.95. The van der Waals surface area contributed by atoms with Crippen LogP contribution in [0.1, 0.15) is 10.4 Å². The van der Waals surface area contributed by atoms with Crippen molar-refractivity contribution in [3.05, 3.63) is 61.8 Å². The third-order valence-corrected chi connectivity index (χ3v) is 3.42. The molecule has 2 aromatic rings. The van der Waals surface area contributed by atoms with E-state index in [0.717, 1.165) is 0 Å². The first kappa shape index (κ1) is 14.4. The van der Waals surface area contributed by atoms with Gasteiger partial charge in [0.05, 0.1) is 26.3 Å². The smallest absolute Gasteiger partial charge is 0.284 e. The molecule has 0 aliphatic heterocycles. The molecule has 0 fully saturated rings. The molecule has 0 spiro atoms. The Balaban J connectivity index is 2.28. The van der Waals surface area contributed by atoms with Crippen LogP contribution in [-0.4, -0.2) is 15.8 Å². The summed E-state index contributed by atoms with van der Waals surface area (Å²) in [4.78, 5) is 26.1. The van der Waals surface area contributed by atoms with Gasteiger partial charge in [-0.25, -0.2) is 0 Å². The van der Waals surface area contributed by atoms with Crippen LogP contribution < -0.4 is 5.32 Å². The number of nitro benzene ring substituents is 1. The Morgan fingerprint density at radius 2 is 2.15 bits per heavy atom. The number of hydrogen-bond donors (Lipinski definition) is 1. The molecule has 8 heteroatoms. The second kappa shape index (κ2) is 5.98. The van der Waals surface area contributed by atoms with Crippen LogP contribution in [0.2, 0.25) is 5.02 Å². The fourth-order valence-electron chi connectivity index (χ4n) is 1.46. The van der Waals surface area contributed by atoms with E-state index in [0.29, 0.717) is 15.2 Å². The van der Waals surface area contributed by atoms with Crippen LogP contribution >= 0.6 is 27.5 Å². The Hall–Kier alpha value is -1.99. The Kier molecular flexibility index (Phi) is 4.31. The van der Waals surface area contributed by atoms with Crippen molar-refractivity contribution >= 4 is 44.8 Å². The summed E-state index contributed by atoms with van der Waals surface area (Å²) < 4.78 is 0.304. The van der Waals surface area contributed by atoms with Crippen molar-refractivity contribution in [1.82, 2.24) is 4.98 Å². The topological polar surface area (TPSA) is 85.1 Å². The highest BCUT2D eigenvalue weighted by Gasteiger charge is 2.16. The maximum absolute atomic E-state index is 12.0. The molecule has 0 saturated heterocycles. The molecular formula is C12H7BrClN3O3. The number of hydrogen-bond acceptors (Lipinski definition) is 4. The average molecular weight is 357 g/mol. The molecule has 1 heterocycles. The lowest BCUT2D eigenvalue weighted by atomic mass is 10.2. The van der Waals surface area contributed by atoms with Gasteiger partial charge >= 0.3 is 0 Å². The predicted octanol–water partition coefficient (Wildman–Crippen LogP) is 3.66. The van der Waals surface area contributed by atoms with Crippen LogP contribution in [0, 0.1) is 10.1 Å². The van der Waals surface area contributed by atoms with E-state index in [1.807, 2.05) is 0 Å². The summed E-state index contributed by atoms with van der Waals surface area (Å²) in [6.07, 6.45) is 2.88. The quantitative estimate of drug-likeness (QED) is 0.672. The Bertz CT molecular complexity index is 693. The molecule has 0 atom stereocenters. The highest BCUT2D eigenvalue weighted by Crippen LogP contribution is 2.26. The number of rotatable bonds is 3. The Morgan fingerprint density at radius 3 is 2.80 bits per heavy atom. The first-order valence-corrected chi connectivity index (χ1v) is 6.51. The van der Waals surface area contributed by atoms with Crippen molar-refractivity contribution in [3.8, 4) is 0 Å². The number of nitrogens with one attached hydrogen (secondary N) is 1. The third-order valence-electron chi connectivity index (χ3n) is 2.42. The average Bonchev–Trinajstić information content (AvgIpc) is 2.41. The zero-order valence-corrected chi connectivity index (χ0v) is 12.2. The predicted molar refractivity (Wildman–Crippen MR) is 78.0 cm³/mol. The number of amides is 1. The van der Waals surface area contributed by atoms with Crippen molar-refractivity contribution in [3.63, 3.8) is 0 Å². The first-order valence-electron chi connectivity index (χ1n) is 5.34. The van der Waals surface area contributed by atoms with E-state index in [4.69, 9.17) is 11.6 Å². The van der Waals surface area contributed by atoms with Gasteiger partial charge in [-0.1, -0.05) is 11.6 Å². The zero-order valence-electron chi connectivity index (χ0n) is 9.84. The first-order chi connectivity index (χ1) is 9.49. The highest BCUT2D eigenvalue weighted by atomic mass is 79.9. The maximum Gasteiger partial charge on any atom is 0.284 e. The van der Waals surface area contributed by atoms with Crippen LogP contribution in [0.4, 0.5) is 11.4 Å². The summed E-state index contributed by atoms with van der Waals surface area (Å²) in [5.74, 6) is -0.504. The van der Waals surface area contributed by atoms with Gasteiger partial charge in [0.2, 0.25) is 0 Å². The van der Waals surface area contributed by atoms with Gasteiger partial charge in [-0.3, -0.25) is 19.9 Å². The highest BCUT2D eigenvalue weighted by molar-refractivity contribution is 9.10. The third kappa shape index (κ3) is 3.12. The summed E-state index contributed by atoms with van der Waals surface area (Å²) in [7, 11) is 0. The summed E-state index contributed by atoms with van der Waals surface area (Å²) in [6.45, 7) is 0. The van der Waals surface area contributed by atoms with Crippen LogP contribution in [0.3, 0.4) is 0 Å². The van der Waals surface area contributed by atoms with Crippen LogP contribution in [0.5, 0.6) is 0 Å². The van der Waals surface area contributed by atoms with Gasteiger partial charge in [-0.2, -0.15) is 0 Å². The number of anilines is 1. The van der Waals surface area contributed by atoms with Crippen LogP contribution in [0.15, 0.2) is 41.1 Å². The maximum atomic E-state index is 12.0. The molecule has 2 rings (SSSR count). The largest absolute Gasteiger partial charge is 0.319 e. The molecule has 102 valence electrons. The standard InChI is InChI=1S/C12H7BrClN3O3/c13-8-2-1-7(5-11(8)17(19)20)12(18)16-10-6-15-4-3-9(10)14/h1-6H,(H,16,18). The van der Waals surface area contributed by atoms with Crippen molar-refractivity contribution in [2.24, 2.45) is 0 Å². The fourth-order valence-corrected chi connectivity index (χ4v) is 2.00. The minimum absolute atomic E-state index is 0.153. The zero-order chi connectivity index (χ0) is 14.7. The molecule has 0 aliphatic carbocycles. The number of halogens is 2. The van der Waals surface area contributed by atoms with E-state index in [-0.39, 0.29) is 11.3 Å². The number of nitrogens with zero attached hydrogens (tertiary/aromatic N) is 2. The molecule has 0 aliphatic rings. The number of carbonyl (C=O) groups is 1. The molecule has 1 aromatic heterocycles. The lowest BCUT2D eigenvalue weighted by molar-refractivity contribution is -0.385. The summed E-state index contributed by atoms with van der Waals surface area (Å²) in [5, 5.41) is 13.7. The van der Waals surface area contributed by atoms with Crippen molar-refractivity contribution in [1.29, 1.82) is 0 Å². The lowest BCUT2D eigenvalue weighted by Crippen LogP contribution is -2.12. The molecule has 0 saturated carbocycles.